The van der Waals surface area contributed by atoms with Gasteiger partial charge in [-0.3, -0.25) is 0 Å². The van der Waals surface area contributed by atoms with Gasteiger partial charge in [-0.1, -0.05) is 13.3 Å². The Balaban J connectivity index is 2.04. The van der Waals surface area contributed by atoms with Crippen molar-refractivity contribution in [1.29, 1.82) is 0 Å². The van der Waals surface area contributed by atoms with Crippen LogP contribution in [0, 0.1) is 0 Å². The molecule has 0 unspecified atom stereocenters. The first kappa shape index (κ1) is 9.71. The molecule has 0 radical (unpaired) electrons. The molecule has 0 aromatic carbocycles. The van der Waals surface area contributed by atoms with E-state index >= 15 is 0 Å². The molecule has 2 N–H and O–H groups in total. The van der Waals surface area contributed by atoms with Crippen molar-refractivity contribution >= 4 is 0 Å². The monoisotopic (exact) mass is 193 g/mol. The Hall–Kier alpha value is -0.830. The van der Waals surface area contributed by atoms with Gasteiger partial charge in [-0.25, -0.2) is 4.98 Å². The molecule has 0 saturated heterocycles. The van der Waals surface area contributed by atoms with Crippen LogP contribution in [0.4, 0.5) is 0 Å². The van der Waals surface area contributed by atoms with Crippen LogP contribution < -0.4 is 5.73 Å². The summed E-state index contributed by atoms with van der Waals surface area (Å²) >= 11 is 0. The molecule has 1 heterocycles. The summed E-state index contributed by atoms with van der Waals surface area (Å²) < 4.78 is 2.22. The lowest BCUT2D eigenvalue weighted by Crippen LogP contribution is -2.50. The molecule has 2 rings (SSSR count). The van der Waals surface area contributed by atoms with Crippen molar-refractivity contribution in [3.63, 3.8) is 0 Å². The highest BCUT2D eigenvalue weighted by molar-refractivity contribution is 5.02. The number of aryl methyl sites for hydroxylation is 1. The Bertz CT molecular complexity index is 299. The number of rotatable bonds is 4. The zero-order chi connectivity index (χ0) is 10.0. The first-order valence-electron chi connectivity index (χ1n) is 5.51. The molecule has 1 aliphatic carbocycles. The van der Waals surface area contributed by atoms with Crippen LogP contribution in [0.5, 0.6) is 0 Å². The molecule has 3 heteroatoms. The topological polar surface area (TPSA) is 43.8 Å². The molecule has 1 fully saturated rings. The van der Waals surface area contributed by atoms with E-state index in [1.54, 1.807) is 0 Å². The molecule has 14 heavy (non-hydrogen) atoms. The Kier molecular flexibility index (Phi) is 2.59. The Morgan fingerprint density at radius 2 is 2.36 bits per heavy atom. The van der Waals surface area contributed by atoms with Crippen molar-refractivity contribution in [2.45, 2.75) is 51.1 Å². The van der Waals surface area contributed by atoms with Crippen LogP contribution in [0.3, 0.4) is 0 Å². The average molecular weight is 193 g/mol. The molecule has 0 spiro atoms. The fraction of sp³-hybridized carbons (Fsp3) is 0.727. The molecule has 0 bridgehead atoms. The standard InChI is InChI=1S/C11H19N3/c1-2-4-10-7-13-9-14(10)8-11(12)5-3-6-11/h7,9H,2-6,8,12H2,1H3. The maximum absolute atomic E-state index is 6.21. The number of hydrogen-bond acceptors (Lipinski definition) is 2. The summed E-state index contributed by atoms with van der Waals surface area (Å²) in [4.78, 5) is 4.19. The predicted molar refractivity (Wildman–Crippen MR) is 57.0 cm³/mol. The van der Waals surface area contributed by atoms with E-state index in [0.717, 1.165) is 25.8 Å². The molecule has 0 amide bonds. The average Bonchev–Trinajstić information content (AvgIpc) is 2.51. The van der Waals surface area contributed by atoms with E-state index in [4.69, 9.17) is 5.73 Å². The van der Waals surface area contributed by atoms with Crippen molar-refractivity contribution in [3.8, 4) is 0 Å². The lowest BCUT2D eigenvalue weighted by atomic mass is 9.77. The second-order valence-corrected chi connectivity index (χ2v) is 4.48. The van der Waals surface area contributed by atoms with E-state index in [9.17, 15) is 0 Å². The van der Waals surface area contributed by atoms with Crippen molar-refractivity contribution in [1.82, 2.24) is 9.55 Å². The first-order valence-corrected chi connectivity index (χ1v) is 5.51. The van der Waals surface area contributed by atoms with Crippen LogP contribution in [0.1, 0.15) is 38.3 Å². The first-order chi connectivity index (χ1) is 6.73. The third kappa shape index (κ3) is 1.82. The Morgan fingerprint density at radius 1 is 1.57 bits per heavy atom. The summed E-state index contributed by atoms with van der Waals surface area (Å²) in [7, 11) is 0. The van der Waals surface area contributed by atoms with Crippen LogP contribution in [0.25, 0.3) is 0 Å². The van der Waals surface area contributed by atoms with E-state index in [1.807, 2.05) is 12.5 Å². The van der Waals surface area contributed by atoms with Crippen molar-refractivity contribution in [3.05, 3.63) is 18.2 Å². The number of imidazole rings is 1. The summed E-state index contributed by atoms with van der Waals surface area (Å²) in [5, 5.41) is 0. The summed E-state index contributed by atoms with van der Waals surface area (Å²) in [6, 6.07) is 0. The van der Waals surface area contributed by atoms with E-state index in [0.29, 0.717) is 0 Å². The predicted octanol–water partition coefficient (Wildman–Crippen LogP) is 1.72. The molecule has 1 aromatic heterocycles. The minimum absolute atomic E-state index is 0.0587. The van der Waals surface area contributed by atoms with Gasteiger partial charge in [0.15, 0.2) is 0 Å². The second-order valence-electron chi connectivity index (χ2n) is 4.48. The minimum atomic E-state index is 0.0587. The van der Waals surface area contributed by atoms with Gasteiger partial charge in [0.2, 0.25) is 0 Å². The van der Waals surface area contributed by atoms with E-state index in [1.165, 1.54) is 18.5 Å². The zero-order valence-corrected chi connectivity index (χ0v) is 8.87. The zero-order valence-electron chi connectivity index (χ0n) is 8.87. The minimum Gasteiger partial charge on any atom is -0.333 e. The third-order valence-electron chi connectivity index (χ3n) is 3.14. The van der Waals surface area contributed by atoms with E-state index in [2.05, 4.69) is 16.5 Å². The lowest BCUT2D eigenvalue weighted by molar-refractivity contribution is 0.213. The third-order valence-corrected chi connectivity index (χ3v) is 3.14. The Morgan fingerprint density at radius 3 is 2.93 bits per heavy atom. The van der Waals surface area contributed by atoms with Crippen molar-refractivity contribution in [2.24, 2.45) is 5.73 Å². The van der Waals surface area contributed by atoms with Gasteiger partial charge in [0.1, 0.15) is 0 Å². The second kappa shape index (κ2) is 3.73. The van der Waals surface area contributed by atoms with E-state index in [-0.39, 0.29) is 5.54 Å². The SMILES string of the molecule is CCCc1cncn1CC1(N)CCC1. The molecule has 1 aromatic rings. The van der Waals surface area contributed by atoms with Crippen LogP contribution in [0.15, 0.2) is 12.5 Å². The smallest absolute Gasteiger partial charge is 0.0948 e. The van der Waals surface area contributed by atoms with Crippen molar-refractivity contribution < 1.29 is 0 Å². The number of hydrogen-bond donors (Lipinski definition) is 1. The van der Waals surface area contributed by atoms with Gasteiger partial charge in [-0.2, -0.15) is 0 Å². The molecule has 1 aliphatic rings. The van der Waals surface area contributed by atoms with Gasteiger partial charge in [-0.15, -0.1) is 0 Å². The van der Waals surface area contributed by atoms with Gasteiger partial charge in [0.25, 0.3) is 0 Å². The van der Waals surface area contributed by atoms with Gasteiger partial charge in [-0.05, 0) is 25.7 Å². The molecular formula is C11H19N3. The number of nitrogens with zero attached hydrogens (tertiary/aromatic N) is 2. The Labute approximate surface area is 85.3 Å². The maximum atomic E-state index is 6.21. The van der Waals surface area contributed by atoms with E-state index < -0.39 is 0 Å². The highest BCUT2D eigenvalue weighted by atomic mass is 15.1. The highest BCUT2D eigenvalue weighted by Crippen LogP contribution is 2.30. The van der Waals surface area contributed by atoms with Crippen LogP contribution in [-0.4, -0.2) is 15.1 Å². The molecule has 78 valence electrons. The molecule has 1 saturated carbocycles. The molecule has 3 nitrogen and oxygen atoms in total. The highest BCUT2D eigenvalue weighted by Gasteiger charge is 2.33. The number of aromatic nitrogens is 2. The van der Waals surface area contributed by atoms with Gasteiger partial charge < -0.3 is 10.3 Å². The van der Waals surface area contributed by atoms with Crippen LogP contribution >= 0.6 is 0 Å². The van der Waals surface area contributed by atoms with Crippen LogP contribution in [0.2, 0.25) is 0 Å². The molecular weight excluding hydrogens is 174 g/mol. The van der Waals surface area contributed by atoms with Gasteiger partial charge in [0, 0.05) is 24.0 Å². The van der Waals surface area contributed by atoms with Gasteiger partial charge in [0.05, 0.1) is 6.33 Å². The summed E-state index contributed by atoms with van der Waals surface area (Å²) in [6.45, 7) is 3.14. The summed E-state index contributed by atoms with van der Waals surface area (Å²) in [5.41, 5.74) is 7.59. The largest absolute Gasteiger partial charge is 0.333 e. The summed E-state index contributed by atoms with van der Waals surface area (Å²) in [6.07, 6.45) is 9.77. The fourth-order valence-corrected chi connectivity index (χ4v) is 2.08. The quantitative estimate of drug-likeness (QED) is 0.791. The van der Waals surface area contributed by atoms with Crippen molar-refractivity contribution in [2.75, 3.05) is 0 Å². The lowest BCUT2D eigenvalue weighted by Gasteiger charge is -2.38. The van der Waals surface area contributed by atoms with Crippen LogP contribution in [-0.2, 0) is 13.0 Å². The molecule has 0 atom stereocenters. The summed E-state index contributed by atoms with van der Waals surface area (Å²) in [5.74, 6) is 0. The normalized spacial score (nSPS) is 19.3. The number of nitrogens with two attached hydrogens (primary N) is 1. The fourth-order valence-electron chi connectivity index (χ4n) is 2.08. The maximum Gasteiger partial charge on any atom is 0.0948 e. The molecule has 0 aliphatic heterocycles. The van der Waals surface area contributed by atoms with Gasteiger partial charge >= 0.3 is 0 Å².